The normalized spacial score (nSPS) is 12.2. The first kappa shape index (κ1) is 7.80. The Morgan fingerprint density at radius 1 is 1.31 bits per heavy atom. The third-order valence-electron chi connectivity index (χ3n) is 2.03. The summed E-state index contributed by atoms with van der Waals surface area (Å²) in [6.45, 7) is 3.81. The van der Waals surface area contributed by atoms with Gasteiger partial charge in [0.1, 0.15) is 0 Å². The number of aliphatic hydroxyl groups is 1. The van der Waals surface area contributed by atoms with Crippen molar-refractivity contribution < 1.29 is 5.11 Å². The summed E-state index contributed by atoms with van der Waals surface area (Å²) in [5.74, 6) is 0. The number of benzene rings is 1. The average Bonchev–Trinajstić information content (AvgIpc) is 2.18. The van der Waals surface area contributed by atoms with E-state index in [-0.39, 0.29) is 0 Å². The van der Waals surface area contributed by atoms with Gasteiger partial charge in [-0.3, -0.25) is 4.98 Å². The minimum absolute atomic E-state index is 0.693. The molecule has 1 aromatic carbocycles. The molecule has 0 fully saturated rings. The molecule has 0 bridgehead atoms. The molecule has 1 heterocycles. The van der Waals surface area contributed by atoms with E-state index >= 15 is 0 Å². The number of fused-ring (bicyclic) bond motifs is 1. The maximum absolute atomic E-state index is 9.01. The number of aromatic nitrogens is 1. The molecule has 0 spiro atoms. The van der Waals surface area contributed by atoms with Crippen molar-refractivity contribution in [3.05, 3.63) is 40.9 Å². The van der Waals surface area contributed by atoms with Gasteiger partial charge in [0, 0.05) is 16.8 Å². The molecule has 2 rings (SSSR count). The average molecular weight is 171 g/mol. The molecule has 0 unspecified atom stereocenters. The molecule has 2 heteroatoms. The summed E-state index contributed by atoms with van der Waals surface area (Å²) in [6.07, 6.45) is 2.76. The summed E-state index contributed by atoms with van der Waals surface area (Å²) in [5.41, 5.74) is 0.789. The van der Waals surface area contributed by atoms with Crippen LogP contribution in [0, 0.1) is 0 Å². The maximum Gasteiger partial charge on any atom is 0.0891 e. The van der Waals surface area contributed by atoms with Crippen LogP contribution in [0.5, 0.6) is 0 Å². The molecule has 0 aliphatic heterocycles. The first-order valence-corrected chi connectivity index (χ1v) is 4.00. The van der Waals surface area contributed by atoms with Gasteiger partial charge in [-0.15, -0.1) is 0 Å². The van der Waals surface area contributed by atoms with E-state index in [0.717, 1.165) is 22.4 Å². The predicted molar refractivity (Wildman–Crippen MR) is 53.6 cm³/mol. The Bertz CT molecular complexity index is 546. The second-order valence-corrected chi connectivity index (χ2v) is 2.84. The third kappa shape index (κ3) is 1.16. The van der Waals surface area contributed by atoms with Crippen LogP contribution >= 0.6 is 0 Å². The molecular weight excluding hydrogens is 162 g/mol. The first-order valence-electron chi connectivity index (χ1n) is 4.00. The van der Waals surface area contributed by atoms with Gasteiger partial charge in [-0.05, 0) is 11.3 Å². The Morgan fingerprint density at radius 3 is 2.92 bits per heavy atom. The number of rotatable bonds is 0. The van der Waals surface area contributed by atoms with E-state index in [1.54, 1.807) is 6.20 Å². The van der Waals surface area contributed by atoms with Crippen molar-refractivity contribution in [2.75, 3.05) is 0 Å². The number of hydrogen-bond acceptors (Lipinski definition) is 2. The Labute approximate surface area is 75.5 Å². The smallest absolute Gasteiger partial charge is 0.0891 e. The first-order chi connectivity index (χ1) is 6.33. The van der Waals surface area contributed by atoms with Crippen LogP contribution in [0.2, 0.25) is 0 Å². The highest BCUT2D eigenvalue weighted by molar-refractivity contribution is 5.79. The molecule has 0 radical (unpaired) electrons. The standard InChI is InChI=1S/C11H9NO/c1-8-4-5-9-3-2-6-12-11(9)10(8)7-13/h2-7,13H,1H2. The highest BCUT2D eigenvalue weighted by atomic mass is 16.2. The highest BCUT2D eigenvalue weighted by Crippen LogP contribution is 2.02. The number of nitrogens with zero attached hydrogens (tertiary/aromatic N) is 1. The molecule has 2 aromatic rings. The zero-order valence-corrected chi connectivity index (χ0v) is 7.07. The molecule has 0 atom stereocenters. The summed E-state index contributed by atoms with van der Waals surface area (Å²) < 4.78 is 0. The van der Waals surface area contributed by atoms with Crippen molar-refractivity contribution in [2.24, 2.45) is 0 Å². The lowest BCUT2D eigenvalue weighted by Crippen LogP contribution is -2.24. The highest BCUT2D eigenvalue weighted by Gasteiger charge is 1.94. The Kier molecular flexibility index (Phi) is 1.74. The molecule has 1 aromatic heterocycles. The zero-order valence-electron chi connectivity index (χ0n) is 7.07. The molecule has 0 aliphatic rings. The van der Waals surface area contributed by atoms with Gasteiger partial charge >= 0.3 is 0 Å². The van der Waals surface area contributed by atoms with Crippen molar-refractivity contribution in [1.82, 2.24) is 4.98 Å². The van der Waals surface area contributed by atoms with Gasteiger partial charge in [-0.2, -0.15) is 0 Å². The fourth-order valence-electron chi connectivity index (χ4n) is 1.35. The van der Waals surface area contributed by atoms with Crippen molar-refractivity contribution >= 4 is 23.7 Å². The summed E-state index contributed by atoms with van der Waals surface area (Å²) in [6, 6.07) is 7.63. The quantitative estimate of drug-likeness (QED) is 0.640. The van der Waals surface area contributed by atoms with Crippen LogP contribution in [-0.4, -0.2) is 10.1 Å². The van der Waals surface area contributed by atoms with Crippen LogP contribution < -0.4 is 10.4 Å². The fourth-order valence-corrected chi connectivity index (χ4v) is 1.35. The predicted octanol–water partition coefficient (Wildman–Crippen LogP) is 0.941. The molecule has 0 amide bonds. The molecule has 0 saturated heterocycles. The van der Waals surface area contributed by atoms with Crippen LogP contribution in [0.25, 0.3) is 23.7 Å². The van der Waals surface area contributed by atoms with Crippen LogP contribution in [0.3, 0.4) is 0 Å². The maximum atomic E-state index is 9.01. The number of aliphatic hydroxyl groups excluding tert-OH is 1. The van der Waals surface area contributed by atoms with Gasteiger partial charge in [-0.1, -0.05) is 24.8 Å². The monoisotopic (exact) mass is 171 g/mol. The van der Waals surface area contributed by atoms with Gasteiger partial charge in [-0.25, -0.2) is 0 Å². The minimum atomic E-state index is 0.693. The Hall–Kier alpha value is -1.83. The largest absolute Gasteiger partial charge is 0.515 e. The summed E-state index contributed by atoms with van der Waals surface area (Å²) >= 11 is 0. The molecule has 0 aliphatic carbocycles. The van der Waals surface area contributed by atoms with Crippen LogP contribution in [0.1, 0.15) is 0 Å². The second kappa shape index (κ2) is 2.90. The molecular formula is C11H9NO. The fraction of sp³-hybridized carbons (Fsp3) is 0. The van der Waals surface area contributed by atoms with Crippen molar-refractivity contribution in [3.63, 3.8) is 0 Å². The van der Waals surface area contributed by atoms with Gasteiger partial charge in [0.2, 0.25) is 0 Å². The lowest BCUT2D eigenvalue weighted by Gasteiger charge is -1.96. The Morgan fingerprint density at radius 2 is 2.15 bits per heavy atom. The topological polar surface area (TPSA) is 33.1 Å². The van der Waals surface area contributed by atoms with Crippen LogP contribution in [0.4, 0.5) is 0 Å². The zero-order chi connectivity index (χ0) is 9.26. The molecule has 1 N–H and O–H groups in total. The van der Waals surface area contributed by atoms with Gasteiger partial charge in [0.25, 0.3) is 0 Å². The van der Waals surface area contributed by atoms with Gasteiger partial charge in [0.15, 0.2) is 0 Å². The lowest BCUT2D eigenvalue weighted by atomic mass is 10.1. The van der Waals surface area contributed by atoms with Crippen molar-refractivity contribution in [2.45, 2.75) is 0 Å². The van der Waals surface area contributed by atoms with Gasteiger partial charge in [0.05, 0.1) is 11.8 Å². The molecule has 64 valence electrons. The summed E-state index contributed by atoms with van der Waals surface area (Å²) in [7, 11) is 0. The third-order valence-corrected chi connectivity index (χ3v) is 2.03. The SMILES string of the molecule is C=c1ccc2cccnc2c1=CO. The Balaban J connectivity index is 3.11. The van der Waals surface area contributed by atoms with E-state index in [9.17, 15) is 0 Å². The minimum Gasteiger partial charge on any atom is -0.515 e. The van der Waals surface area contributed by atoms with E-state index in [0.29, 0.717) is 5.22 Å². The number of hydrogen-bond donors (Lipinski definition) is 1. The van der Waals surface area contributed by atoms with E-state index in [1.807, 2.05) is 24.3 Å². The van der Waals surface area contributed by atoms with E-state index < -0.39 is 0 Å². The van der Waals surface area contributed by atoms with E-state index in [1.165, 1.54) is 0 Å². The van der Waals surface area contributed by atoms with Crippen molar-refractivity contribution in [3.8, 4) is 0 Å². The number of pyridine rings is 1. The second-order valence-electron chi connectivity index (χ2n) is 2.84. The van der Waals surface area contributed by atoms with Gasteiger partial charge < -0.3 is 5.11 Å². The van der Waals surface area contributed by atoms with Crippen molar-refractivity contribution in [1.29, 1.82) is 0 Å². The van der Waals surface area contributed by atoms with Crippen LogP contribution in [-0.2, 0) is 0 Å². The van der Waals surface area contributed by atoms with Crippen LogP contribution in [0.15, 0.2) is 30.5 Å². The van der Waals surface area contributed by atoms with E-state index in [4.69, 9.17) is 5.11 Å². The molecule has 2 nitrogen and oxygen atoms in total. The lowest BCUT2D eigenvalue weighted by molar-refractivity contribution is 0.540. The summed E-state index contributed by atoms with van der Waals surface area (Å²) in [4.78, 5) is 4.18. The molecule has 0 saturated carbocycles. The summed E-state index contributed by atoms with van der Waals surface area (Å²) in [5, 5.41) is 11.5. The molecule has 13 heavy (non-hydrogen) atoms. The van der Waals surface area contributed by atoms with E-state index in [2.05, 4.69) is 11.6 Å².